The number of thiophene rings is 1. The Morgan fingerprint density at radius 2 is 2.03 bits per heavy atom. The van der Waals surface area contributed by atoms with Crippen LogP contribution >= 0.6 is 23.1 Å². The van der Waals surface area contributed by atoms with Crippen molar-refractivity contribution in [1.29, 1.82) is 0 Å². The second-order valence-corrected chi connectivity index (χ2v) is 9.05. The number of methoxy groups -OCH3 is 1. The van der Waals surface area contributed by atoms with Gasteiger partial charge in [-0.05, 0) is 43.3 Å². The normalized spacial score (nSPS) is 10.9. The average molecular weight is 496 g/mol. The van der Waals surface area contributed by atoms with Crippen molar-refractivity contribution in [2.75, 3.05) is 18.2 Å². The quantitative estimate of drug-likeness (QED) is 0.163. The summed E-state index contributed by atoms with van der Waals surface area (Å²) in [5, 5.41) is 5.54. The van der Waals surface area contributed by atoms with Gasteiger partial charge in [0.05, 0.1) is 23.8 Å². The lowest BCUT2D eigenvalue weighted by atomic mass is 10.2. The van der Waals surface area contributed by atoms with Crippen LogP contribution in [0.2, 0.25) is 0 Å². The Morgan fingerprint density at radius 1 is 1.26 bits per heavy atom. The predicted molar refractivity (Wildman–Crippen MR) is 134 cm³/mol. The van der Waals surface area contributed by atoms with Crippen molar-refractivity contribution in [2.24, 2.45) is 0 Å². The second-order valence-electron chi connectivity index (χ2n) is 7.24. The van der Waals surface area contributed by atoms with E-state index in [1.54, 1.807) is 30.3 Å². The lowest BCUT2D eigenvalue weighted by Crippen LogP contribution is -2.23. The van der Waals surface area contributed by atoms with Gasteiger partial charge in [-0.2, -0.15) is 0 Å². The minimum absolute atomic E-state index is 0.0451. The number of nitrogens with one attached hydrogen (secondary N) is 1. The molecular formula is C24H21N3O5S2. The fourth-order valence-electron chi connectivity index (χ4n) is 3.30. The maximum absolute atomic E-state index is 13.3. The van der Waals surface area contributed by atoms with Gasteiger partial charge in [-0.15, -0.1) is 17.9 Å². The molecule has 174 valence electrons. The van der Waals surface area contributed by atoms with E-state index in [4.69, 9.17) is 4.42 Å². The van der Waals surface area contributed by atoms with Crippen molar-refractivity contribution in [3.05, 3.63) is 76.1 Å². The van der Waals surface area contributed by atoms with Crippen LogP contribution < -0.4 is 10.9 Å². The first-order chi connectivity index (χ1) is 16.4. The van der Waals surface area contributed by atoms with E-state index >= 15 is 0 Å². The number of carbonyl (C=O) groups excluding carboxylic acids is 2. The smallest absolute Gasteiger partial charge is 0.337 e. The van der Waals surface area contributed by atoms with Crippen molar-refractivity contribution >= 4 is 50.9 Å². The maximum Gasteiger partial charge on any atom is 0.337 e. The van der Waals surface area contributed by atoms with Crippen LogP contribution in [-0.4, -0.2) is 34.3 Å². The molecule has 3 aromatic heterocycles. The zero-order valence-electron chi connectivity index (χ0n) is 18.5. The number of hydrogen-bond donors (Lipinski definition) is 1. The Hall–Kier alpha value is -3.63. The number of esters is 1. The molecule has 0 unspecified atom stereocenters. The molecule has 3 heterocycles. The van der Waals surface area contributed by atoms with Crippen LogP contribution in [0.1, 0.15) is 16.1 Å². The van der Waals surface area contributed by atoms with Gasteiger partial charge in [-0.25, -0.2) is 9.78 Å². The van der Waals surface area contributed by atoms with Gasteiger partial charge in [0.25, 0.3) is 5.56 Å². The SMILES string of the molecule is C=CCn1c(SCC(=O)Nc2ccc(C(=O)OC)cc2)nc2scc(-c3ccc(C)o3)c2c1=O. The van der Waals surface area contributed by atoms with Gasteiger partial charge in [0.15, 0.2) is 5.16 Å². The first kappa shape index (κ1) is 23.5. The largest absolute Gasteiger partial charge is 0.465 e. The maximum atomic E-state index is 13.3. The van der Waals surface area contributed by atoms with Gasteiger partial charge < -0.3 is 14.5 Å². The van der Waals surface area contributed by atoms with Gasteiger partial charge in [0.2, 0.25) is 5.91 Å². The van der Waals surface area contributed by atoms with E-state index < -0.39 is 5.97 Å². The summed E-state index contributed by atoms with van der Waals surface area (Å²) in [5.74, 6) is 0.698. The van der Waals surface area contributed by atoms with Crippen molar-refractivity contribution < 1.29 is 18.7 Å². The molecule has 10 heteroatoms. The molecule has 0 spiro atoms. The molecule has 1 amide bonds. The Bertz CT molecular complexity index is 1430. The number of carbonyl (C=O) groups is 2. The lowest BCUT2D eigenvalue weighted by Gasteiger charge is -2.11. The fraction of sp³-hybridized carbons (Fsp3) is 0.167. The standard InChI is InChI=1S/C24H21N3O5S2/c1-4-11-27-22(29)20-17(18-10-5-14(2)32-18)12-33-21(20)26-24(27)34-13-19(28)25-16-8-6-15(7-9-16)23(30)31-3/h4-10,12H,1,11,13H2,2-3H3,(H,25,28). The molecule has 0 aliphatic rings. The number of allylic oxidation sites excluding steroid dienone is 1. The Labute approximate surface area is 203 Å². The van der Waals surface area contributed by atoms with E-state index in [9.17, 15) is 14.4 Å². The van der Waals surface area contributed by atoms with Crippen LogP contribution in [0.3, 0.4) is 0 Å². The third kappa shape index (κ3) is 4.82. The van der Waals surface area contributed by atoms with E-state index in [1.807, 2.05) is 24.4 Å². The highest BCUT2D eigenvalue weighted by atomic mass is 32.2. The highest BCUT2D eigenvalue weighted by Crippen LogP contribution is 2.33. The van der Waals surface area contributed by atoms with Crippen LogP contribution in [0.25, 0.3) is 21.5 Å². The van der Waals surface area contributed by atoms with Crippen molar-refractivity contribution in [2.45, 2.75) is 18.6 Å². The minimum Gasteiger partial charge on any atom is -0.465 e. The summed E-state index contributed by atoms with van der Waals surface area (Å²) in [4.78, 5) is 42.6. The van der Waals surface area contributed by atoms with Gasteiger partial charge >= 0.3 is 5.97 Å². The molecule has 0 bridgehead atoms. The van der Waals surface area contributed by atoms with E-state index in [0.29, 0.717) is 37.9 Å². The first-order valence-electron chi connectivity index (χ1n) is 10.2. The number of aryl methyl sites for hydroxylation is 1. The molecule has 34 heavy (non-hydrogen) atoms. The van der Waals surface area contributed by atoms with Crippen molar-refractivity contribution in [3.63, 3.8) is 0 Å². The Kier molecular flexibility index (Phi) is 6.99. The summed E-state index contributed by atoms with van der Waals surface area (Å²) < 4.78 is 11.9. The molecule has 4 aromatic rings. The number of ether oxygens (including phenoxy) is 1. The fourth-order valence-corrected chi connectivity index (χ4v) is 5.08. The van der Waals surface area contributed by atoms with E-state index in [0.717, 1.165) is 5.76 Å². The summed E-state index contributed by atoms with van der Waals surface area (Å²) in [6, 6.07) is 10.1. The highest BCUT2D eigenvalue weighted by Gasteiger charge is 2.19. The molecule has 1 N–H and O–H groups in total. The monoisotopic (exact) mass is 495 g/mol. The number of amides is 1. The number of anilines is 1. The number of nitrogens with zero attached hydrogens (tertiary/aromatic N) is 2. The molecule has 0 fully saturated rings. The molecule has 0 saturated heterocycles. The third-order valence-electron chi connectivity index (χ3n) is 4.90. The molecule has 8 nitrogen and oxygen atoms in total. The van der Waals surface area contributed by atoms with E-state index in [-0.39, 0.29) is 23.8 Å². The number of benzene rings is 1. The van der Waals surface area contributed by atoms with Crippen molar-refractivity contribution in [3.8, 4) is 11.3 Å². The second kappa shape index (κ2) is 10.1. The number of thioether (sulfide) groups is 1. The van der Waals surface area contributed by atoms with E-state index in [1.165, 1.54) is 34.8 Å². The number of furan rings is 1. The highest BCUT2D eigenvalue weighted by molar-refractivity contribution is 7.99. The molecular weight excluding hydrogens is 474 g/mol. The Balaban J connectivity index is 1.55. The zero-order valence-corrected chi connectivity index (χ0v) is 20.1. The van der Waals surface area contributed by atoms with Gasteiger partial charge in [-0.1, -0.05) is 17.8 Å². The lowest BCUT2D eigenvalue weighted by molar-refractivity contribution is -0.113. The first-order valence-corrected chi connectivity index (χ1v) is 12.1. The summed E-state index contributed by atoms with van der Waals surface area (Å²) in [5.41, 5.74) is 1.42. The summed E-state index contributed by atoms with van der Waals surface area (Å²) in [6.45, 7) is 5.85. The summed E-state index contributed by atoms with van der Waals surface area (Å²) in [7, 11) is 1.31. The topological polar surface area (TPSA) is 103 Å². The van der Waals surface area contributed by atoms with Crippen molar-refractivity contribution in [1.82, 2.24) is 9.55 Å². The van der Waals surface area contributed by atoms with Crippen LogP contribution in [-0.2, 0) is 16.1 Å². The third-order valence-corrected chi connectivity index (χ3v) is 6.75. The number of aromatic nitrogens is 2. The summed E-state index contributed by atoms with van der Waals surface area (Å²) in [6.07, 6.45) is 1.62. The van der Waals surface area contributed by atoms with Crippen LogP contribution in [0.5, 0.6) is 0 Å². The minimum atomic E-state index is -0.450. The molecule has 0 aliphatic carbocycles. The number of hydrogen-bond acceptors (Lipinski definition) is 8. The number of fused-ring (bicyclic) bond motifs is 1. The molecule has 0 radical (unpaired) electrons. The molecule has 0 aliphatic heterocycles. The Morgan fingerprint density at radius 3 is 2.68 bits per heavy atom. The van der Waals surface area contributed by atoms with Gasteiger partial charge in [-0.3, -0.25) is 14.2 Å². The predicted octanol–water partition coefficient (Wildman–Crippen LogP) is 4.73. The average Bonchev–Trinajstić information content (AvgIpc) is 3.46. The molecule has 4 rings (SSSR count). The molecule has 0 saturated carbocycles. The summed E-state index contributed by atoms with van der Waals surface area (Å²) >= 11 is 2.52. The van der Waals surface area contributed by atoms with Crippen LogP contribution in [0, 0.1) is 6.92 Å². The van der Waals surface area contributed by atoms with Crippen LogP contribution in [0.4, 0.5) is 5.69 Å². The van der Waals surface area contributed by atoms with E-state index in [2.05, 4.69) is 21.6 Å². The van der Waals surface area contributed by atoms with Gasteiger partial charge in [0.1, 0.15) is 16.4 Å². The van der Waals surface area contributed by atoms with Crippen LogP contribution in [0.15, 0.2) is 68.8 Å². The van der Waals surface area contributed by atoms with Gasteiger partial charge in [0, 0.05) is 23.2 Å². The molecule has 1 aromatic carbocycles. The zero-order chi connectivity index (χ0) is 24.2. The molecule has 0 atom stereocenters. The number of rotatable bonds is 8.